The van der Waals surface area contributed by atoms with E-state index in [9.17, 15) is 4.39 Å². The Morgan fingerprint density at radius 2 is 1.90 bits per heavy atom. The first-order valence-corrected chi connectivity index (χ1v) is 7.68. The number of benzene rings is 2. The average molecular weight is 401 g/mol. The monoisotopic (exact) mass is 401 g/mol. The molecule has 0 spiro atoms. The molecule has 0 bridgehead atoms. The summed E-state index contributed by atoms with van der Waals surface area (Å²) >= 11 is 2.21. The number of halogens is 2. The number of methoxy groups -OCH3 is 1. The van der Waals surface area contributed by atoms with Gasteiger partial charge in [0.2, 0.25) is 0 Å². The fraction of sp³-hybridized carbons (Fsp3) is 0.250. The van der Waals surface area contributed by atoms with Crippen LogP contribution in [-0.4, -0.2) is 20.3 Å². The van der Waals surface area contributed by atoms with Crippen LogP contribution in [-0.2, 0) is 11.3 Å². The van der Waals surface area contributed by atoms with Crippen LogP contribution in [0.1, 0.15) is 5.56 Å². The highest BCUT2D eigenvalue weighted by Gasteiger charge is 2.06. The normalized spacial score (nSPS) is 10.6. The van der Waals surface area contributed by atoms with Gasteiger partial charge in [0.25, 0.3) is 0 Å². The zero-order valence-electron chi connectivity index (χ0n) is 11.7. The zero-order chi connectivity index (χ0) is 15.1. The minimum absolute atomic E-state index is 0.233. The van der Waals surface area contributed by atoms with Gasteiger partial charge < -0.3 is 14.8 Å². The Kier molecular flexibility index (Phi) is 6.41. The number of ether oxygens (including phenoxy) is 2. The second-order valence-electron chi connectivity index (χ2n) is 4.49. The minimum atomic E-state index is -0.361. The third-order valence-electron chi connectivity index (χ3n) is 2.85. The van der Waals surface area contributed by atoms with Gasteiger partial charge in [-0.3, -0.25) is 0 Å². The van der Waals surface area contributed by atoms with Gasteiger partial charge in [0.05, 0.1) is 6.61 Å². The van der Waals surface area contributed by atoms with Gasteiger partial charge in [-0.2, -0.15) is 0 Å². The summed E-state index contributed by atoms with van der Waals surface area (Å²) < 4.78 is 25.6. The lowest BCUT2D eigenvalue weighted by molar-refractivity contribution is 0.199. The molecule has 0 radical (unpaired) electrons. The van der Waals surface area contributed by atoms with Gasteiger partial charge in [-0.15, -0.1) is 0 Å². The Morgan fingerprint density at radius 3 is 2.57 bits per heavy atom. The van der Waals surface area contributed by atoms with Crippen LogP contribution in [0.5, 0.6) is 11.5 Å². The molecule has 2 rings (SSSR count). The highest BCUT2D eigenvalue weighted by atomic mass is 127. The summed E-state index contributed by atoms with van der Waals surface area (Å²) in [4.78, 5) is 0. The fourth-order valence-electron chi connectivity index (χ4n) is 1.77. The van der Waals surface area contributed by atoms with E-state index in [1.54, 1.807) is 13.2 Å². The molecule has 2 aromatic rings. The van der Waals surface area contributed by atoms with E-state index in [1.807, 2.05) is 30.3 Å². The van der Waals surface area contributed by atoms with Crippen LogP contribution in [0.2, 0.25) is 0 Å². The summed E-state index contributed by atoms with van der Waals surface area (Å²) in [5.74, 6) is 0.497. The van der Waals surface area contributed by atoms with Crippen LogP contribution in [0, 0.1) is 9.39 Å². The summed E-state index contributed by atoms with van der Waals surface area (Å²) in [6.07, 6.45) is 0. The van der Waals surface area contributed by atoms with Gasteiger partial charge in [0, 0.05) is 23.8 Å². The molecular formula is C16H17FINO2. The quantitative estimate of drug-likeness (QED) is 0.563. The van der Waals surface area contributed by atoms with E-state index in [4.69, 9.17) is 9.47 Å². The maximum atomic E-state index is 14.0. The summed E-state index contributed by atoms with van der Waals surface area (Å²) in [6, 6.07) is 12.5. The van der Waals surface area contributed by atoms with Gasteiger partial charge in [0.15, 0.2) is 11.6 Å². The average Bonchev–Trinajstić information content (AvgIpc) is 2.48. The van der Waals surface area contributed by atoms with E-state index < -0.39 is 0 Å². The number of hydrogen-bond acceptors (Lipinski definition) is 3. The highest BCUT2D eigenvalue weighted by molar-refractivity contribution is 14.1. The molecule has 0 fully saturated rings. The van der Waals surface area contributed by atoms with Crippen molar-refractivity contribution in [3.05, 3.63) is 57.4 Å². The van der Waals surface area contributed by atoms with Crippen LogP contribution in [0.4, 0.5) is 4.39 Å². The number of hydrogen-bond donors (Lipinski definition) is 1. The smallest absolute Gasteiger partial charge is 0.166 e. The molecule has 0 saturated heterocycles. The largest absolute Gasteiger partial charge is 0.454 e. The Hall–Kier alpha value is -1.18. The topological polar surface area (TPSA) is 30.5 Å². The minimum Gasteiger partial charge on any atom is -0.454 e. The number of nitrogens with one attached hydrogen (secondary N) is 1. The van der Waals surface area contributed by atoms with Crippen molar-refractivity contribution in [2.75, 3.05) is 20.3 Å². The van der Waals surface area contributed by atoms with Crippen LogP contribution in [0.15, 0.2) is 42.5 Å². The molecule has 0 heterocycles. The van der Waals surface area contributed by atoms with Crippen LogP contribution in [0.25, 0.3) is 0 Å². The van der Waals surface area contributed by atoms with Gasteiger partial charge in [-0.1, -0.05) is 6.07 Å². The molecule has 0 aromatic heterocycles. The lowest BCUT2D eigenvalue weighted by Gasteiger charge is -2.09. The van der Waals surface area contributed by atoms with Crippen LogP contribution in [0.3, 0.4) is 0 Å². The molecule has 21 heavy (non-hydrogen) atoms. The third-order valence-corrected chi connectivity index (χ3v) is 3.57. The molecule has 3 nitrogen and oxygen atoms in total. The molecule has 1 N–H and O–H groups in total. The molecule has 112 valence electrons. The van der Waals surface area contributed by atoms with Gasteiger partial charge in [0.1, 0.15) is 5.75 Å². The molecule has 0 aliphatic rings. The van der Waals surface area contributed by atoms with Crippen molar-refractivity contribution in [3.8, 4) is 11.5 Å². The summed E-state index contributed by atoms with van der Waals surface area (Å²) in [5, 5.41) is 3.17. The Labute approximate surface area is 137 Å². The van der Waals surface area contributed by atoms with E-state index in [2.05, 4.69) is 27.9 Å². The lowest BCUT2D eigenvalue weighted by Crippen LogP contribution is -2.18. The first kappa shape index (κ1) is 16.2. The predicted octanol–water partition coefficient (Wildman–Crippen LogP) is 3.96. The lowest BCUT2D eigenvalue weighted by atomic mass is 10.2. The molecule has 0 aliphatic carbocycles. The zero-order valence-corrected chi connectivity index (χ0v) is 13.9. The van der Waals surface area contributed by atoms with Crippen molar-refractivity contribution < 1.29 is 13.9 Å². The van der Waals surface area contributed by atoms with Gasteiger partial charge in [-0.25, -0.2) is 4.39 Å². The van der Waals surface area contributed by atoms with E-state index >= 15 is 0 Å². The Morgan fingerprint density at radius 1 is 1.14 bits per heavy atom. The van der Waals surface area contributed by atoms with Crippen molar-refractivity contribution >= 4 is 22.6 Å². The van der Waals surface area contributed by atoms with Crippen molar-refractivity contribution in [1.29, 1.82) is 0 Å². The molecule has 5 heteroatoms. The molecule has 0 atom stereocenters. The standard InChI is InChI=1S/C16H17FINO2/c1-20-9-8-19-11-12-2-7-16(15(17)10-12)21-14-5-3-13(18)4-6-14/h2-7,10,19H,8-9,11H2,1H3. The first-order chi connectivity index (χ1) is 10.2. The maximum Gasteiger partial charge on any atom is 0.166 e. The first-order valence-electron chi connectivity index (χ1n) is 6.60. The molecule has 0 amide bonds. The highest BCUT2D eigenvalue weighted by Crippen LogP contribution is 2.25. The summed E-state index contributed by atoms with van der Waals surface area (Å²) in [6.45, 7) is 1.97. The van der Waals surface area contributed by atoms with Crippen molar-refractivity contribution in [3.63, 3.8) is 0 Å². The number of rotatable bonds is 7. The van der Waals surface area contributed by atoms with Crippen molar-refractivity contribution in [2.45, 2.75) is 6.54 Å². The molecule has 0 saturated carbocycles. The second kappa shape index (κ2) is 8.31. The molecule has 0 aliphatic heterocycles. The molecular weight excluding hydrogens is 384 g/mol. The molecule has 0 unspecified atom stereocenters. The fourth-order valence-corrected chi connectivity index (χ4v) is 2.13. The van der Waals surface area contributed by atoms with Gasteiger partial charge in [-0.05, 0) is 64.6 Å². The second-order valence-corrected chi connectivity index (χ2v) is 5.74. The van der Waals surface area contributed by atoms with Crippen molar-refractivity contribution in [2.24, 2.45) is 0 Å². The predicted molar refractivity (Wildman–Crippen MR) is 89.2 cm³/mol. The van der Waals surface area contributed by atoms with Gasteiger partial charge >= 0.3 is 0 Å². The third kappa shape index (κ3) is 5.26. The van der Waals surface area contributed by atoms with E-state index in [-0.39, 0.29) is 11.6 Å². The SMILES string of the molecule is COCCNCc1ccc(Oc2ccc(I)cc2)c(F)c1. The summed E-state index contributed by atoms with van der Waals surface area (Å²) in [7, 11) is 1.65. The van der Waals surface area contributed by atoms with E-state index in [0.717, 1.165) is 15.7 Å². The van der Waals surface area contributed by atoms with Crippen LogP contribution >= 0.6 is 22.6 Å². The van der Waals surface area contributed by atoms with Crippen LogP contribution < -0.4 is 10.1 Å². The summed E-state index contributed by atoms with van der Waals surface area (Å²) in [5.41, 5.74) is 0.874. The van der Waals surface area contributed by atoms with E-state index in [0.29, 0.717) is 18.9 Å². The van der Waals surface area contributed by atoms with Crippen molar-refractivity contribution in [1.82, 2.24) is 5.32 Å². The Bertz CT molecular complexity index is 575. The van der Waals surface area contributed by atoms with E-state index in [1.165, 1.54) is 6.07 Å². The maximum absolute atomic E-state index is 14.0. The molecule has 2 aromatic carbocycles. The Balaban J connectivity index is 1.97.